The lowest BCUT2D eigenvalue weighted by Gasteiger charge is -2.12. The molecule has 0 spiro atoms. The first-order valence-corrected chi connectivity index (χ1v) is 6.85. The molecule has 0 aliphatic rings. The van der Waals surface area contributed by atoms with Crippen LogP contribution in [0, 0.1) is 17.6 Å². The Morgan fingerprint density at radius 1 is 1.10 bits per heavy atom. The van der Waals surface area contributed by atoms with E-state index in [1.165, 1.54) is 18.2 Å². The average molecular weight is 278 g/mol. The first-order chi connectivity index (χ1) is 9.58. The third-order valence-corrected chi connectivity index (χ3v) is 3.17. The summed E-state index contributed by atoms with van der Waals surface area (Å²) in [6.45, 7) is 6.10. The molecule has 108 valence electrons. The quantitative estimate of drug-likeness (QED) is 0.855. The zero-order chi connectivity index (χ0) is 14.5. The van der Waals surface area contributed by atoms with E-state index in [9.17, 15) is 8.78 Å². The number of halogens is 2. The molecule has 1 heterocycles. The summed E-state index contributed by atoms with van der Waals surface area (Å²) in [4.78, 5) is 0. The van der Waals surface area contributed by atoms with Crippen molar-refractivity contribution in [2.24, 2.45) is 5.92 Å². The number of nitrogens with zero attached hydrogens (tertiary/aromatic N) is 1. The van der Waals surface area contributed by atoms with Crippen LogP contribution in [0.1, 0.15) is 25.1 Å². The zero-order valence-electron chi connectivity index (χ0n) is 11.9. The topological polar surface area (TPSA) is 17.0 Å². The van der Waals surface area contributed by atoms with Crippen LogP contribution in [0.15, 0.2) is 36.5 Å². The molecule has 2 nitrogen and oxygen atoms in total. The minimum atomic E-state index is -0.500. The molecule has 4 heteroatoms. The lowest BCUT2D eigenvalue weighted by molar-refractivity contribution is 0.524. The van der Waals surface area contributed by atoms with Gasteiger partial charge in [-0.1, -0.05) is 19.9 Å². The maximum atomic E-state index is 13.7. The third-order valence-electron chi connectivity index (χ3n) is 3.17. The Morgan fingerprint density at radius 2 is 1.80 bits per heavy atom. The highest BCUT2D eigenvalue weighted by molar-refractivity contribution is 5.21. The van der Waals surface area contributed by atoms with Gasteiger partial charge in [0.15, 0.2) is 0 Å². The maximum Gasteiger partial charge on any atom is 0.131 e. The number of nitrogens with one attached hydrogen (secondary N) is 1. The normalized spacial score (nSPS) is 11.2. The molecule has 2 aromatic rings. The van der Waals surface area contributed by atoms with Crippen LogP contribution in [0.3, 0.4) is 0 Å². The van der Waals surface area contributed by atoms with E-state index in [4.69, 9.17) is 0 Å². The van der Waals surface area contributed by atoms with Gasteiger partial charge in [0, 0.05) is 24.0 Å². The first-order valence-electron chi connectivity index (χ1n) is 6.85. The van der Waals surface area contributed by atoms with E-state index in [1.807, 2.05) is 22.9 Å². The monoisotopic (exact) mass is 278 g/mol. The number of hydrogen-bond donors (Lipinski definition) is 1. The van der Waals surface area contributed by atoms with Gasteiger partial charge in [0.2, 0.25) is 0 Å². The Balaban J connectivity index is 2.09. The van der Waals surface area contributed by atoms with Gasteiger partial charge in [0.05, 0.1) is 6.54 Å². The molecule has 1 aromatic heterocycles. The van der Waals surface area contributed by atoms with E-state index in [-0.39, 0.29) is 12.1 Å². The molecule has 0 bridgehead atoms. The minimum absolute atomic E-state index is 0.105. The molecule has 0 saturated carbocycles. The van der Waals surface area contributed by atoms with Crippen molar-refractivity contribution in [3.8, 4) is 0 Å². The first kappa shape index (κ1) is 14.7. The highest BCUT2D eigenvalue weighted by Crippen LogP contribution is 2.15. The Hall–Kier alpha value is -1.68. The van der Waals surface area contributed by atoms with Crippen molar-refractivity contribution in [2.45, 2.75) is 26.9 Å². The fraction of sp³-hybridized carbons (Fsp3) is 0.375. The van der Waals surface area contributed by atoms with Gasteiger partial charge in [-0.05, 0) is 36.7 Å². The summed E-state index contributed by atoms with van der Waals surface area (Å²) in [6, 6.07) is 7.82. The molecule has 0 atom stereocenters. The fourth-order valence-corrected chi connectivity index (χ4v) is 2.11. The van der Waals surface area contributed by atoms with Crippen LogP contribution in [-0.4, -0.2) is 11.1 Å². The standard InChI is InChI=1S/C16H20F2N2/c1-12(2)9-19-10-13-5-4-8-20(13)11-14-15(17)6-3-7-16(14)18/h3-8,12,19H,9-11H2,1-2H3. The molecule has 0 fully saturated rings. The Labute approximate surface area is 118 Å². The molecule has 0 aliphatic heterocycles. The molecule has 1 N–H and O–H groups in total. The smallest absolute Gasteiger partial charge is 0.131 e. The lowest BCUT2D eigenvalue weighted by atomic mass is 10.2. The minimum Gasteiger partial charge on any atom is -0.346 e. The van der Waals surface area contributed by atoms with E-state index in [0.717, 1.165) is 12.2 Å². The Bertz CT molecular complexity index is 541. The van der Waals surface area contributed by atoms with Crippen molar-refractivity contribution >= 4 is 0 Å². The highest BCUT2D eigenvalue weighted by atomic mass is 19.1. The van der Waals surface area contributed by atoms with Crippen molar-refractivity contribution in [3.05, 3.63) is 59.4 Å². The van der Waals surface area contributed by atoms with Crippen LogP contribution in [0.5, 0.6) is 0 Å². The molecule has 0 saturated heterocycles. The predicted molar refractivity (Wildman–Crippen MR) is 76.4 cm³/mol. The molecule has 1 aromatic carbocycles. The maximum absolute atomic E-state index is 13.7. The van der Waals surface area contributed by atoms with Gasteiger partial charge in [-0.2, -0.15) is 0 Å². The van der Waals surface area contributed by atoms with Gasteiger partial charge in [0.1, 0.15) is 11.6 Å². The molecular weight excluding hydrogens is 258 g/mol. The summed E-state index contributed by atoms with van der Waals surface area (Å²) < 4.78 is 29.2. The second-order valence-corrected chi connectivity index (χ2v) is 5.35. The average Bonchev–Trinajstić information content (AvgIpc) is 2.81. The van der Waals surface area contributed by atoms with Gasteiger partial charge in [-0.25, -0.2) is 8.78 Å². The van der Waals surface area contributed by atoms with Gasteiger partial charge in [-0.15, -0.1) is 0 Å². The molecule has 20 heavy (non-hydrogen) atoms. The van der Waals surface area contributed by atoms with Crippen LogP contribution in [0.2, 0.25) is 0 Å². The van der Waals surface area contributed by atoms with Crippen LogP contribution in [0.4, 0.5) is 8.78 Å². The lowest BCUT2D eigenvalue weighted by Crippen LogP contribution is -2.21. The Morgan fingerprint density at radius 3 is 2.45 bits per heavy atom. The van der Waals surface area contributed by atoms with Crippen molar-refractivity contribution < 1.29 is 8.78 Å². The second-order valence-electron chi connectivity index (χ2n) is 5.35. The van der Waals surface area contributed by atoms with Gasteiger partial charge in [-0.3, -0.25) is 0 Å². The van der Waals surface area contributed by atoms with E-state index in [2.05, 4.69) is 19.2 Å². The van der Waals surface area contributed by atoms with Crippen LogP contribution in [-0.2, 0) is 13.1 Å². The zero-order valence-corrected chi connectivity index (χ0v) is 11.9. The van der Waals surface area contributed by atoms with Crippen molar-refractivity contribution in [1.82, 2.24) is 9.88 Å². The number of aromatic nitrogens is 1. The Kier molecular flexibility index (Phi) is 4.90. The molecule has 0 amide bonds. The molecular formula is C16H20F2N2. The SMILES string of the molecule is CC(C)CNCc1cccn1Cc1c(F)cccc1F. The van der Waals surface area contributed by atoms with Crippen LogP contribution < -0.4 is 5.32 Å². The van der Waals surface area contributed by atoms with Crippen molar-refractivity contribution in [3.63, 3.8) is 0 Å². The van der Waals surface area contributed by atoms with E-state index >= 15 is 0 Å². The van der Waals surface area contributed by atoms with Crippen LogP contribution >= 0.6 is 0 Å². The van der Waals surface area contributed by atoms with Gasteiger partial charge >= 0.3 is 0 Å². The number of rotatable bonds is 6. The summed E-state index contributed by atoms with van der Waals surface area (Å²) >= 11 is 0. The summed E-state index contributed by atoms with van der Waals surface area (Å²) in [5.41, 5.74) is 1.13. The van der Waals surface area contributed by atoms with Crippen LogP contribution in [0.25, 0.3) is 0 Å². The molecule has 0 aliphatic carbocycles. The van der Waals surface area contributed by atoms with E-state index in [0.29, 0.717) is 12.5 Å². The fourth-order valence-electron chi connectivity index (χ4n) is 2.11. The predicted octanol–water partition coefficient (Wildman–Crippen LogP) is 3.56. The summed E-state index contributed by atoms with van der Waals surface area (Å²) in [5.74, 6) is -0.429. The summed E-state index contributed by atoms with van der Waals surface area (Å²) in [7, 11) is 0. The largest absolute Gasteiger partial charge is 0.346 e. The van der Waals surface area contributed by atoms with Crippen molar-refractivity contribution in [2.75, 3.05) is 6.54 Å². The summed E-state index contributed by atoms with van der Waals surface area (Å²) in [6.07, 6.45) is 1.85. The summed E-state index contributed by atoms with van der Waals surface area (Å²) in [5, 5.41) is 3.33. The van der Waals surface area contributed by atoms with Crippen molar-refractivity contribution in [1.29, 1.82) is 0 Å². The van der Waals surface area contributed by atoms with E-state index < -0.39 is 11.6 Å². The van der Waals surface area contributed by atoms with Gasteiger partial charge < -0.3 is 9.88 Å². The molecule has 0 radical (unpaired) electrons. The van der Waals surface area contributed by atoms with E-state index in [1.54, 1.807) is 0 Å². The molecule has 2 rings (SSSR count). The molecule has 0 unspecified atom stereocenters. The number of hydrogen-bond acceptors (Lipinski definition) is 1. The number of benzene rings is 1. The third kappa shape index (κ3) is 3.67. The van der Waals surface area contributed by atoms with Gasteiger partial charge in [0.25, 0.3) is 0 Å². The highest BCUT2D eigenvalue weighted by Gasteiger charge is 2.10. The second kappa shape index (κ2) is 6.66.